The monoisotopic (exact) mass is 989 g/mol. The number of hydrogen-bond acceptors (Lipinski definition) is 11. The van der Waals surface area contributed by atoms with Crippen molar-refractivity contribution in [3.05, 3.63) is 83.4 Å². The number of carbonyl (C=O) groups excluding carboxylic acids is 2. The predicted octanol–water partition coefficient (Wildman–Crippen LogP) is 4.39. The number of carbonyl (C=O) groups is 2. The molecule has 0 aliphatic carbocycles. The van der Waals surface area contributed by atoms with Gasteiger partial charge in [0.15, 0.2) is 0 Å². The molecule has 0 spiro atoms. The maximum absolute atomic E-state index is 14.6. The minimum atomic E-state index is -5.04. The molecule has 4 aliphatic heterocycles. The van der Waals surface area contributed by atoms with Crippen LogP contribution in [0.15, 0.2) is 70.9 Å². The average Bonchev–Trinajstić information content (AvgIpc) is 3.83. The number of likely N-dealkylation sites (tertiary alicyclic amines) is 2. The van der Waals surface area contributed by atoms with Gasteiger partial charge < -0.3 is 0 Å². The molecule has 4 heterocycles. The van der Waals surface area contributed by atoms with Crippen LogP contribution >= 0.6 is 0 Å². The number of nitrogens with zero attached hydrogens (tertiary/aromatic N) is 6. The Bertz CT molecular complexity index is 2200. The summed E-state index contributed by atoms with van der Waals surface area (Å²) in [7, 11) is -2.64. The van der Waals surface area contributed by atoms with Crippen molar-refractivity contribution in [1.82, 2.24) is 14.5 Å². The second-order valence-corrected chi connectivity index (χ2v) is 20.9. The van der Waals surface area contributed by atoms with Crippen LogP contribution in [-0.2, 0) is 37.1 Å². The van der Waals surface area contributed by atoms with Crippen LogP contribution in [0, 0.1) is 11.6 Å². The molecule has 282 valence electrons. The molecule has 0 aromatic heterocycles. The first kappa shape index (κ1) is 37.5. The Balaban J connectivity index is 1.38. The van der Waals surface area contributed by atoms with Crippen molar-refractivity contribution in [3.63, 3.8) is 0 Å². The SMILES string of the molecule is COC(=O)N1CC[C@@]2(NS(=O)(=O)Oc3c(F)cccc3F)c3cccc(N=N[C@]45CCN(C(=O)OC)[C@H]4N([Te](C)=O)c4ccccc45)c3N([Te](C)=O)[C@@H]12. The molecule has 0 bridgehead atoms. The fraction of sp³-hybridized carbons (Fsp3) is 0.375. The number of anilines is 2. The van der Waals surface area contributed by atoms with E-state index in [2.05, 4.69) is 4.72 Å². The van der Waals surface area contributed by atoms with Gasteiger partial charge in [0.25, 0.3) is 0 Å². The Labute approximate surface area is 317 Å². The van der Waals surface area contributed by atoms with Gasteiger partial charge in [-0.15, -0.1) is 0 Å². The molecule has 3 aromatic rings. The average molecular weight is 985 g/mol. The number of hydrogen-bond donors (Lipinski definition) is 1. The van der Waals surface area contributed by atoms with Gasteiger partial charge in [0.05, 0.1) is 0 Å². The van der Waals surface area contributed by atoms with Gasteiger partial charge in [-0.05, 0) is 0 Å². The van der Waals surface area contributed by atoms with Gasteiger partial charge in [0.1, 0.15) is 0 Å². The molecule has 1 N–H and O–H groups in total. The van der Waals surface area contributed by atoms with E-state index in [1.807, 2.05) is 6.07 Å². The molecule has 7 rings (SSSR count). The van der Waals surface area contributed by atoms with Gasteiger partial charge >= 0.3 is 320 Å². The molecule has 4 atom stereocenters. The number of methoxy groups -OCH3 is 2. The van der Waals surface area contributed by atoms with E-state index in [1.54, 1.807) is 44.5 Å². The molecular weight excluding hydrogens is 952 g/mol. The van der Waals surface area contributed by atoms with Crippen molar-refractivity contribution in [2.75, 3.05) is 33.6 Å². The summed E-state index contributed by atoms with van der Waals surface area (Å²) in [5.41, 5.74) is -1.02. The summed E-state index contributed by atoms with van der Waals surface area (Å²) in [6, 6.07) is 14.7. The number of halogens is 2. The molecule has 4 aliphatic rings. The van der Waals surface area contributed by atoms with Gasteiger partial charge in [-0.3, -0.25) is 0 Å². The van der Waals surface area contributed by atoms with E-state index >= 15 is 0 Å². The predicted molar refractivity (Wildman–Crippen MR) is 184 cm³/mol. The van der Waals surface area contributed by atoms with Gasteiger partial charge in [-0.25, -0.2) is 0 Å². The van der Waals surface area contributed by atoms with Crippen molar-refractivity contribution in [1.29, 1.82) is 0 Å². The van der Waals surface area contributed by atoms with Gasteiger partial charge in [0, 0.05) is 0 Å². The van der Waals surface area contributed by atoms with Crippen LogP contribution in [0.4, 0.5) is 35.4 Å². The number of fused-ring (bicyclic) bond motifs is 6. The Morgan fingerprint density at radius 2 is 1.42 bits per heavy atom. The minimum absolute atomic E-state index is 0.0549. The normalized spacial score (nSPS) is 24.5. The van der Waals surface area contributed by atoms with E-state index in [4.69, 9.17) is 23.9 Å². The van der Waals surface area contributed by atoms with E-state index in [-0.39, 0.29) is 42.9 Å². The first-order chi connectivity index (χ1) is 25.2. The quantitative estimate of drug-likeness (QED) is 0.250. The van der Waals surface area contributed by atoms with Crippen LogP contribution in [0.3, 0.4) is 0 Å². The third kappa shape index (κ3) is 5.87. The van der Waals surface area contributed by atoms with Crippen LogP contribution in [0.5, 0.6) is 5.75 Å². The standard InChI is InChI=1S/C32H33F2N7O9STe2/c1-48-29(42)38-17-15-31(19-9-5-6-14-24(19)40(27(31)38)52(3)46)36-35-23-13-7-10-20-25(23)41(53(4)47)28-32(20,16-18-39(28)30(43)49-2)37-51(44,45)50-26-21(33)11-8-12-22(26)34/h5-14,27-28,37H,15-18H2,1-4H3/t27-,28+,31-,32+/m0/s1. The third-order valence-electron chi connectivity index (χ3n) is 9.83. The van der Waals surface area contributed by atoms with Crippen LogP contribution in [0.25, 0.3) is 0 Å². The number of amides is 2. The molecule has 53 heavy (non-hydrogen) atoms. The number of para-hydroxylation sites is 3. The Morgan fingerprint density at radius 1 is 0.830 bits per heavy atom. The molecule has 2 fully saturated rings. The zero-order valence-electron chi connectivity index (χ0n) is 28.6. The number of nitrogens with one attached hydrogen (secondary N) is 1. The van der Waals surface area contributed by atoms with Crippen molar-refractivity contribution in [2.24, 2.45) is 10.2 Å². The summed E-state index contributed by atoms with van der Waals surface area (Å²) >= 11 is -6.92. The number of azo groups is 1. The van der Waals surface area contributed by atoms with Gasteiger partial charge in [-0.1, -0.05) is 0 Å². The van der Waals surface area contributed by atoms with Crippen LogP contribution in [0.2, 0.25) is 9.94 Å². The molecule has 21 heteroatoms. The van der Waals surface area contributed by atoms with Gasteiger partial charge in [0.2, 0.25) is 0 Å². The van der Waals surface area contributed by atoms with E-state index in [9.17, 15) is 33.0 Å². The van der Waals surface area contributed by atoms with E-state index in [0.29, 0.717) is 11.3 Å². The molecule has 0 unspecified atom stereocenters. The second kappa shape index (κ2) is 13.8. The topological polar surface area (TPSA) is 180 Å². The van der Waals surface area contributed by atoms with Gasteiger partial charge in [-0.2, -0.15) is 0 Å². The van der Waals surface area contributed by atoms with Crippen LogP contribution in [-0.4, -0.2) is 110 Å². The molecule has 0 radical (unpaired) electrons. The zero-order valence-corrected chi connectivity index (χ0v) is 34.1. The van der Waals surface area contributed by atoms with Crippen molar-refractivity contribution in [3.8, 4) is 5.75 Å². The first-order valence-electron chi connectivity index (χ1n) is 16.0. The van der Waals surface area contributed by atoms with E-state index in [1.165, 1.54) is 25.0 Å². The molecule has 3 aromatic carbocycles. The van der Waals surface area contributed by atoms with E-state index < -0.39 is 103 Å². The number of rotatable bonds is 8. The van der Waals surface area contributed by atoms with Crippen molar-refractivity contribution in [2.45, 2.75) is 46.2 Å². The summed E-state index contributed by atoms with van der Waals surface area (Å²) in [6.45, 7) is 0.155. The summed E-state index contributed by atoms with van der Waals surface area (Å²) in [6.07, 6.45) is -3.37. The summed E-state index contributed by atoms with van der Waals surface area (Å²) in [4.78, 5) is 32.0. The Hall–Kier alpha value is -3.85. The fourth-order valence-electron chi connectivity index (χ4n) is 7.84. The van der Waals surface area contributed by atoms with E-state index in [0.717, 1.165) is 25.3 Å². The Kier molecular flexibility index (Phi) is 9.74. The molecular formula is C32H33F2N7O9STe2. The zero-order chi connectivity index (χ0) is 38.0. The molecule has 0 saturated carbocycles. The summed E-state index contributed by atoms with van der Waals surface area (Å²) in [5.74, 6) is -3.68. The summed E-state index contributed by atoms with van der Waals surface area (Å²) < 4.78 is 104. The van der Waals surface area contributed by atoms with Crippen LogP contribution in [0.1, 0.15) is 24.0 Å². The van der Waals surface area contributed by atoms with Crippen molar-refractivity contribution < 1.29 is 46.7 Å². The second-order valence-electron chi connectivity index (χ2n) is 12.5. The van der Waals surface area contributed by atoms with Crippen LogP contribution < -0.4 is 15.2 Å². The molecule has 2 saturated heterocycles. The van der Waals surface area contributed by atoms with Crippen molar-refractivity contribution >= 4 is 79.2 Å². The Morgan fingerprint density at radius 3 is 2.06 bits per heavy atom. The third-order valence-corrected chi connectivity index (χ3v) is 16.2. The fourth-order valence-corrected chi connectivity index (χ4v) is 14.8. The number of ether oxygens (including phenoxy) is 2. The maximum atomic E-state index is 14.6. The first-order valence-corrected chi connectivity index (χ1v) is 26.0. The summed E-state index contributed by atoms with van der Waals surface area (Å²) in [5, 5.41) is 9.61. The molecule has 2 amide bonds. The number of benzene rings is 3. The molecule has 16 nitrogen and oxygen atoms in total.